The number of quaternary nitrogens is 1. The SMILES string of the molecule is C[C@H](NC(=O)c1cccc(S(=O)(=O)N2CC[NH+](C)CC2)c1)[C@H]1C[C@@H]2CC[C@H]1C2. The smallest absolute Gasteiger partial charge is 0.251 e. The van der Waals surface area contributed by atoms with Gasteiger partial charge in [0, 0.05) is 11.6 Å². The van der Waals surface area contributed by atoms with Crippen molar-refractivity contribution in [1.29, 1.82) is 0 Å². The minimum Gasteiger partial charge on any atom is -0.349 e. The average Bonchev–Trinajstić information content (AvgIpc) is 3.32. The molecule has 1 aliphatic heterocycles. The quantitative estimate of drug-likeness (QED) is 0.759. The van der Waals surface area contributed by atoms with Crippen molar-refractivity contribution >= 4 is 15.9 Å². The van der Waals surface area contributed by atoms with Crippen LogP contribution < -0.4 is 10.2 Å². The van der Waals surface area contributed by atoms with Gasteiger partial charge in [0.05, 0.1) is 38.1 Å². The second-order valence-corrected chi connectivity index (χ2v) is 10.9. The number of hydrogen-bond donors (Lipinski definition) is 2. The van der Waals surface area contributed by atoms with Gasteiger partial charge >= 0.3 is 0 Å². The summed E-state index contributed by atoms with van der Waals surface area (Å²) in [6, 6.07) is 6.63. The molecule has 2 N–H and O–H groups in total. The molecule has 1 saturated heterocycles. The molecular formula is C21H32N3O3S+. The molecule has 0 radical (unpaired) electrons. The monoisotopic (exact) mass is 406 g/mol. The van der Waals surface area contributed by atoms with E-state index >= 15 is 0 Å². The van der Waals surface area contributed by atoms with E-state index in [1.807, 2.05) is 0 Å². The maximum atomic E-state index is 13.0. The maximum absolute atomic E-state index is 13.0. The van der Waals surface area contributed by atoms with Gasteiger partial charge in [0.15, 0.2) is 0 Å². The van der Waals surface area contributed by atoms with Crippen LogP contribution >= 0.6 is 0 Å². The molecule has 3 aliphatic rings. The van der Waals surface area contributed by atoms with Crippen molar-refractivity contribution in [2.45, 2.75) is 43.5 Å². The standard InChI is InChI=1S/C21H31N3O3S/c1-15(20-13-16-6-7-17(20)12-16)22-21(25)18-4-3-5-19(14-18)28(26,27)24-10-8-23(2)9-11-24/h3-5,14-17,20H,6-13H2,1-2H3,(H,22,25)/p+1/t15-,16+,17-,20+/m0/s1. The Kier molecular flexibility index (Phi) is 5.51. The van der Waals surface area contributed by atoms with E-state index in [0.29, 0.717) is 24.6 Å². The van der Waals surface area contributed by atoms with E-state index in [9.17, 15) is 13.2 Å². The highest BCUT2D eigenvalue weighted by atomic mass is 32.2. The van der Waals surface area contributed by atoms with Gasteiger partial charge in [-0.05, 0) is 62.1 Å². The van der Waals surface area contributed by atoms with Crippen molar-refractivity contribution in [3.8, 4) is 0 Å². The van der Waals surface area contributed by atoms with Crippen molar-refractivity contribution < 1.29 is 18.1 Å². The number of hydrogen-bond acceptors (Lipinski definition) is 3. The van der Waals surface area contributed by atoms with Crippen LogP contribution in [0.5, 0.6) is 0 Å². The van der Waals surface area contributed by atoms with E-state index < -0.39 is 10.0 Å². The number of amides is 1. The fourth-order valence-electron chi connectivity index (χ4n) is 5.36. The Morgan fingerprint density at radius 2 is 1.96 bits per heavy atom. The molecule has 0 aromatic heterocycles. The third kappa shape index (κ3) is 3.84. The first-order valence-electron chi connectivity index (χ1n) is 10.6. The van der Waals surface area contributed by atoms with E-state index in [2.05, 4.69) is 19.3 Å². The van der Waals surface area contributed by atoms with Gasteiger partial charge in [0.25, 0.3) is 5.91 Å². The molecule has 7 heteroatoms. The van der Waals surface area contributed by atoms with Gasteiger partial charge < -0.3 is 10.2 Å². The van der Waals surface area contributed by atoms with E-state index in [-0.39, 0.29) is 16.8 Å². The lowest BCUT2D eigenvalue weighted by Gasteiger charge is -2.29. The topological polar surface area (TPSA) is 70.9 Å². The fraction of sp³-hybridized carbons (Fsp3) is 0.667. The molecule has 1 heterocycles. The average molecular weight is 407 g/mol. The number of carbonyl (C=O) groups excluding carboxylic acids is 1. The summed E-state index contributed by atoms with van der Waals surface area (Å²) in [5, 5.41) is 3.14. The number of piperazine rings is 1. The Hall–Kier alpha value is -1.44. The summed E-state index contributed by atoms with van der Waals surface area (Å²) < 4.78 is 27.5. The highest BCUT2D eigenvalue weighted by Gasteiger charge is 2.42. The van der Waals surface area contributed by atoms with Gasteiger partial charge in [0.2, 0.25) is 10.0 Å². The molecule has 1 amide bonds. The van der Waals surface area contributed by atoms with Crippen molar-refractivity contribution in [2.75, 3.05) is 33.2 Å². The molecule has 2 bridgehead atoms. The van der Waals surface area contributed by atoms with E-state index in [1.165, 1.54) is 41.0 Å². The van der Waals surface area contributed by atoms with Crippen LogP contribution in [0.2, 0.25) is 0 Å². The van der Waals surface area contributed by atoms with Crippen molar-refractivity contribution in [2.24, 2.45) is 17.8 Å². The van der Waals surface area contributed by atoms with Crippen LogP contribution in [0.1, 0.15) is 43.0 Å². The van der Waals surface area contributed by atoms with Crippen LogP contribution in [-0.4, -0.2) is 57.9 Å². The van der Waals surface area contributed by atoms with E-state index in [4.69, 9.17) is 0 Å². The third-order valence-corrected chi connectivity index (χ3v) is 9.00. The summed E-state index contributed by atoms with van der Waals surface area (Å²) in [6.45, 7) is 4.75. The number of nitrogens with zero attached hydrogens (tertiary/aromatic N) is 1. The molecule has 6 nitrogen and oxygen atoms in total. The van der Waals surface area contributed by atoms with E-state index in [1.54, 1.807) is 18.2 Å². The van der Waals surface area contributed by atoms with Gasteiger partial charge in [0.1, 0.15) is 0 Å². The minimum absolute atomic E-state index is 0.128. The lowest BCUT2D eigenvalue weighted by atomic mass is 9.84. The zero-order valence-corrected chi connectivity index (χ0v) is 17.7. The maximum Gasteiger partial charge on any atom is 0.251 e. The molecular weight excluding hydrogens is 374 g/mol. The minimum atomic E-state index is -3.55. The molecule has 154 valence electrons. The molecule has 2 saturated carbocycles. The lowest BCUT2D eigenvalue weighted by molar-refractivity contribution is -0.883. The van der Waals surface area contributed by atoms with Crippen LogP contribution in [0.3, 0.4) is 0 Å². The van der Waals surface area contributed by atoms with Gasteiger partial charge in [-0.15, -0.1) is 0 Å². The molecule has 0 spiro atoms. The molecule has 4 atom stereocenters. The van der Waals surface area contributed by atoms with Gasteiger partial charge in [-0.2, -0.15) is 4.31 Å². The molecule has 4 rings (SSSR count). The third-order valence-electron chi connectivity index (χ3n) is 7.10. The van der Waals surface area contributed by atoms with Crippen molar-refractivity contribution in [3.63, 3.8) is 0 Å². The van der Waals surface area contributed by atoms with Gasteiger partial charge in [-0.25, -0.2) is 8.42 Å². The number of benzene rings is 1. The van der Waals surface area contributed by atoms with Gasteiger partial charge in [-0.1, -0.05) is 12.5 Å². The summed E-state index contributed by atoms with van der Waals surface area (Å²) >= 11 is 0. The van der Waals surface area contributed by atoms with Crippen LogP contribution in [0.4, 0.5) is 0 Å². The zero-order valence-electron chi connectivity index (χ0n) is 16.9. The number of nitrogens with one attached hydrogen (secondary N) is 2. The first kappa shape index (κ1) is 19.9. The second kappa shape index (κ2) is 7.76. The Bertz CT molecular complexity index is 833. The highest BCUT2D eigenvalue weighted by molar-refractivity contribution is 7.89. The number of sulfonamides is 1. The summed E-state index contributed by atoms with van der Waals surface area (Å²) in [5.74, 6) is 1.97. The Balaban J connectivity index is 1.45. The first-order valence-corrected chi connectivity index (χ1v) is 12.0. The lowest BCUT2D eigenvalue weighted by Crippen LogP contribution is -3.12. The number of fused-ring (bicyclic) bond motifs is 2. The predicted octanol–water partition coefficient (Wildman–Crippen LogP) is 0.760. The van der Waals surface area contributed by atoms with Crippen LogP contribution in [0.25, 0.3) is 0 Å². The zero-order chi connectivity index (χ0) is 19.9. The molecule has 28 heavy (non-hydrogen) atoms. The Morgan fingerprint density at radius 1 is 1.21 bits per heavy atom. The normalized spacial score (nSPS) is 29.7. The summed E-state index contributed by atoms with van der Waals surface area (Å²) in [4.78, 5) is 14.4. The van der Waals surface area contributed by atoms with Crippen LogP contribution in [-0.2, 0) is 10.0 Å². The Morgan fingerprint density at radius 3 is 2.61 bits per heavy atom. The molecule has 0 unspecified atom stereocenters. The Labute approximate surface area is 168 Å². The number of likely N-dealkylation sites (N-methyl/N-ethyl adjacent to an activating group) is 1. The van der Waals surface area contributed by atoms with E-state index in [0.717, 1.165) is 24.9 Å². The largest absolute Gasteiger partial charge is 0.349 e. The van der Waals surface area contributed by atoms with Crippen molar-refractivity contribution in [3.05, 3.63) is 29.8 Å². The second-order valence-electron chi connectivity index (χ2n) is 8.99. The summed E-state index contributed by atoms with van der Waals surface area (Å²) in [7, 11) is -1.48. The molecule has 3 fully saturated rings. The number of carbonyl (C=O) groups is 1. The summed E-state index contributed by atoms with van der Waals surface area (Å²) in [6.07, 6.45) is 5.16. The molecule has 2 aliphatic carbocycles. The van der Waals surface area contributed by atoms with Gasteiger partial charge in [-0.3, -0.25) is 4.79 Å². The molecule has 1 aromatic rings. The first-order chi connectivity index (χ1) is 13.3. The predicted molar refractivity (Wildman–Crippen MR) is 108 cm³/mol. The fourth-order valence-corrected chi connectivity index (χ4v) is 6.85. The number of rotatable bonds is 5. The van der Waals surface area contributed by atoms with Crippen LogP contribution in [0, 0.1) is 17.8 Å². The summed E-state index contributed by atoms with van der Waals surface area (Å²) in [5.41, 5.74) is 0.427. The van der Waals surface area contributed by atoms with Crippen LogP contribution in [0.15, 0.2) is 29.2 Å². The molecule has 1 aromatic carbocycles. The highest BCUT2D eigenvalue weighted by Crippen LogP contribution is 2.49. The van der Waals surface area contributed by atoms with Crippen molar-refractivity contribution in [1.82, 2.24) is 9.62 Å².